The second-order valence-electron chi connectivity index (χ2n) is 4.76. The fourth-order valence-electron chi connectivity index (χ4n) is 2.17. The monoisotopic (exact) mass is 296 g/mol. The van der Waals surface area contributed by atoms with Gasteiger partial charge < -0.3 is 4.98 Å². The number of hydrogen-bond donors (Lipinski definition) is 1. The zero-order valence-electron chi connectivity index (χ0n) is 11.5. The van der Waals surface area contributed by atoms with Crippen molar-refractivity contribution in [2.24, 2.45) is 0 Å². The van der Waals surface area contributed by atoms with E-state index in [0.29, 0.717) is 4.77 Å². The van der Waals surface area contributed by atoms with Crippen molar-refractivity contribution in [2.45, 2.75) is 52.5 Å². The Bertz CT molecular complexity index is 666. The molecule has 2 aromatic rings. The number of aromatic nitrogens is 2. The predicted molar refractivity (Wildman–Crippen MR) is 84.8 cm³/mol. The van der Waals surface area contributed by atoms with Gasteiger partial charge in [0.05, 0.1) is 5.39 Å². The predicted octanol–water partition coefficient (Wildman–Crippen LogP) is 4.26. The third-order valence-corrected chi connectivity index (χ3v) is 4.83. The van der Waals surface area contributed by atoms with Crippen molar-refractivity contribution in [3.63, 3.8) is 0 Å². The summed E-state index contributed by atoms with van der Waals surface area (Å²) in [5.74, 6) is 0. The molecule has 104 valence electrons. The maximum Gasteiger partial charge on any atom is 0.263 e. The number of hydrogen-bond acceptors (Lipinski definition) is 3. The number of thiophene rings is 1. The summed E-state index contributed by atoms with van der Waals surface area (Å²) in [4.78, 5) is 17.8. The van der Waals surface area contributed by atoms with Crippen molar-refractivity contribution in [1.29, 1.82) is 0 Å². The number of nitrogens with zero attached hydrogens (tertiary/aromatic N) is 1. The van der Waals surface area contributed by atoms with Crippen LogP contribution in [0.2, 0.25) is 0 Å². The number of aromatic amines is 1. The molecule has 5 heteroatoms. The molecule has 0 saturated carbocycles. The number of H-pyrrole nitrogens is 1. The van der Waals surface area contributed by atoms with E-state index in [4.69, 9.17) is 12.2 Å². The third-order valence-electron chi connectivity index (χ3n) is 3.31. The van der Waals surface area contributed by atoms with Crippen LogP contribution in [0.1, 0.15) is 44.4 Å². The molecule has 0 fully saturated rings. The minimum absolute atomic E-state index is 0.0613. The largest absolute Gasteiger partial charge is 0.323 e. The van der Waals surface area contributed by atoms with Gasteiger partial charge in [0.1, 0.15) is 4.83 Å². The van der Waals surface area contributed by atoms with Gasteiger partial charge in [-0.25, -0.2) is 0 Å². The molecule has 0 aromatic carbocycles. The van der Waals surface area contributed by atoms with Gasteiger partial charge in [-0.2, -0.15) is 0 Å². The van der Waals surface area contributed by atoms with Crippen molar-refractivity contribution in [3.05, 3.63) is 26.1 Å². The smallest absolute Gasteiger partial charge is 0.263 e. The Hall–Kier alpha value is -0.940. The van der Waals surface area contributed by atoms with E-state index in [1.165, 1.54) is 17.7 Å². The Morgan fingerprint density at radius 2 is 2.11 bits per heavy atom. The highest BCUT2D eigenvalue weighted by molar-refractivity contribution is 7.71. The van der Waals surface area contributed by atoms with E-state index in [-0.39, 0.29) is 5.56 Å². The minimum atomic E-state index is 0.0613. The molecule has 0 atom stereocenters. The highest BCUT2D eigenvalue weighted by Crippen LogP contribution is 2.21. The Kier molecular flexibility index (Phi) is 4.93. The lowest BCUT2D eigenvalue weighted by Gasteiger charge is -2.05. The summed E-state index contributed by atoms with van der Waals surface area (Å²) in [6.45, 7) is 5.01. The van der Waals surface area contributed by atoms with Crippen LogP contribution in [-0.4, -0.2) is 9.55 Å². The van der Waals surface area contributed by atoms with Crippen LogP contribution in [0.25, 0.3) is 10.2 Å². The summed E-state index contributed by atoms with van der Waals surface area (Å²) in [6.07, 6.45) is 5.54. The summed E-state index contributed by atoms with van der Waals surface area (Å²) in [5.41, 5.74) is 0.0613. The summed E-state index contributed by atoms with van der Waals surface area (Å²) >= 11 is 6.94. The lowest BCUT2D eigenvalue weighted by Crippen LogP contribution is -2.21. The number of nitrogens with one attached hydrogen (secondary N) is 1. The molecule has 1 N–H and O–H groups in total. The molecule has 0 aliphatic rings. The Balaban J connectivity index is 2.33. The van der Waals surface area contributed by atoms with Gasteiger partial charge in [-0.1, -0.05) is 33.1 Å². The molecule has 0 spiro atoms. The minimum Gasteiger partial charge on any atom is -0.323 e. The Morgan fingerprint density at radius 3 is 2.79 bits per heavy atom. The number of fused-ring (bicyclic) bond motifs is 1. The van der Waals surface area contributed by atoms with E-state index < -0.39 is 0 Å². The molecule has 0 aliphatic heterocycles. The van der Waals surface area contributed by atoms with Crippen LogP contribution in [0.5, 0.6) is 0 Å². The Morgan fingerprint density at radius 1 is 1.32 bits per heavy atom. The molecule has 2 heterocycles. The van der Waals surface area contributed by atoms with E-state index in [0.717, 1.165) is 36.0 Å². The van der Waals surface area contributed by atoms with Crippen LogP contribution in [0.3, 0.4) is 0 Å². The van der Waals surface area contributed by atoms with Gasteiger partial charge in [0.15, 0.2) is 4.77 Å². The second-order valence-corrected chi connectivity index (χ2v) is 6.28. The SMILES string of the molecule is CCCCCCn1c(=S)[nH]c2sc(CC)cc2c1=O. The number of aryl methyl sites for hydroxylation is 1. The lowest BCUT2D eigenvalue weighted by molar-refractivity contribution is 0.563. The molecule has 2 rings (SSSR count). The van der Waals surface area contributed by atoms with Gasteiger partial charge >= 0.3 is 0 Å². The van der Waals surface area contributed by atoms with Gasteiger partial charge in [-0.15, -0.1) is 11.3 Å². The second kappa shape index (κ2) is 6.48. The van der Waals surface area contributed by atoms with Gasteiger partial charge in [0.2, 0.25) is 0 Å². The number of unbranched alkanes of at least 4 members (excludes halogenated alkanes) is 3. The van der Waals surface area contributed by atoms with Crippen LogP contribution < -0.4 is 5.56 Å². The van der Waals surface area contributed by atoms with Crippen molar-refractivity contribution in [3.8, 4) is 0 Å². The Labute approximate surface area is 122 Å². The van der Waals surface area contributed by atoms with Gasteiger partial charge in [0.25, 0.3) is 5.56 Å². The van der Waals surface area contributed by atoms with Crippen molar-refractivity contribution < 1.29 is 0 Å². The summed E-state index contributed by atoms with van der Waals surface area (Å²) in [5, 5.41) is 0.783. The van der Waals surface area contributed by atoms with E-state index in [1.54, 1.807) is 15.9 Å². The zero-order chi connectivity index (χ0) is 13.8. The maximum absolute atomic E-state index is 12.4. The van der Waals surface area contributed by atoms with Crippen molar-refractivity contribution >= 4 is 33.8 Å². The molecular weight excluding hydrogens is 276 g/mol. The zero-order valence-corrected chi connectivity index (χ0v) is 13.1. The standard InChI is InChI=1S/C14H20N2OS2/c1-3-5-6-7-8-16-13(17)11-9-10(4-2)19-12(11)15-14(16)18/h9H,3-8H2,1-2H3,(H,15,18). The van der Waals surface area contributed by atoms with Gasteiger partial charge in [-0.05, 0) is 31.1 Å². The fraction of sp³-hybridized carbons (Fsp3) is 0.571. The van der Waals surface area contributed by atoms with Crippen molar-refractivity contribution in [2.75, 3.05) is 0 Å². The normalized spacial score (nSPS) is 11.3. The molecular formula is C14H20N2OS2. The summed E-state index contributed by atoms with van der Waals surface area (Å²) in [7, 11) is 0. The maximum atomic E-state index is 12.4. The molecule has 0 amide bonds. The van der Waals surface area contributed by atoms with Gasteiger partial charge in [0, 0.05) is 11.4 Å². The molecule has 0 radical (unpaired) electrons. The molecule has 0 bridgehead atoms. The lowest BCUT2D eigenvalue weighted by atomic mass is 10.2. The van der Waals surface area contributed by atoms with Gasteiger partial charge in [-0.3, -0.25) is 9.36 Å². The third kappa shape index (κ3) is 3.15. The van der Waals surface area contributed by atoms with E-state index >= 15 is 0 Å². The summed E-state index contributed by atoms with van der Waals surface area (Å²) in [6, 6.07) is 2.00. The highest BCUT2D eigenvalue weighted by atomic mass is 32.1. The van der Waals surface area contributed by atoms with Crippen LogP contribution in [0.15, 0.2) is 10.9 Å². The first-order valence-electron chi connectivity index (χ1n) is 6.93. The first-order valence-corrected chi connectivity index (χ1v) is 8.15. The van der Waals surface area contributed by atoms with Crippen LogP contribution in [-0.2, 0) is 13.0 Å². The first kappa shape index (κ1) is 14.5. The quantitative estimate of drug-likeness (QED) is 0.639. The molecule has 0 saturated heterocycles. The van der Waals surface area contributed by atoms with Crippen LogP contribution in [0.4, 0.5) is 0 Å². The summed E-state index contributed by atoms with van der Waals surface area (Å²) < 4.78 is 2.26. The molecule has 0 unspecified atom stereocenters. The molecule has 0 aliphatic carbocycles. The average Bonchev–Trinajstić information content (AvgIpc) is 2.81. The van der Waals surface area contributed by atoms with Crippen molar-refractivity contribution in [1.82, 2.24) is 9.55 Å². The van der Waals surface area contributed by atoms with Crippen LogP contribution >= 0.6 is 23.6 Å². The van der Waals surface area contributed by atoms with E-state index in [1.807, 2.05) is 6.07 Å². The fourth-order valence-corrected chi connectivity index (χ4v) is 3.50. The highest BCUT2D eigenvalue weighted by Gasteiger charge is 2.08. The van der Waals surface area contributed by atoms with E-state index in [2.05, 4.69) is 18.8 Å². The molecule has 19 heavy (non-hydrogen) atoms. The van der Waals surface area contributed by atoms with Crippen LogP contribution in [0, 0.1) is 4.77 Å². The topological polar surface area (TPSA) is 37.8 Å². The first-order chi connectivity index (χ1) is 9.17. The number of rotatable bonds is 6. The molecule has 2 aromatic heterocycles. The average molecular weight is 296 g/mol. The van der Waals surface area contributed by atoms with E-state index in [9.17, 15) is 4.79 Å². The molecule has 3 nitrogen and oxygen atoms in total.